The Morgan fingerprint density at radius 3 is 2.17 bits per heavy atom. The normalized spacial score (nSPS) is 43.7. The van der Waals surface area contributed by atoms with E-state index in [1.165, 1.54) is 6.42 Å². The molecule has 2 aliphatic carbocycles. The molecule has 2 heteroatoms. The highest BCUT2D eigenvalue weighted by atomic mass is 35.5. The SMILES string of the molecule is CC(C)[C@H]1[C@H](N)[C@@H]2C=C[C@H]1C2.Cl. The molecule has 0 aromatic rings. The molecule has 0 heterocycles. The molecule has 2 bridgehead atoms. The van der Waals surface area contributed by atoms with E-state index in [0.29, 0.717) is 12.0 Å². The molecule has 1 nitrogen and oxygen atoms in total. The van der Waals surface area contributed by atoms with Crippen LogP contribution in [0.1, 0.15) is 20.3 Å². The fourth-order valence-electron chi connectivity index (χ4n) is 2.84. The first-order chi connectivity index (χ1) is 5.20. The van der Waals surface area contributed by atoms with Gasteiger partial charge in [-0.15, -0.1) is 12.4 Å². The summed E-state index contributed by atoms with van der Waals surface area (Å²) in [6.07, 6.45) is 6.01. The first kappa shape index (κ1) is 10.1. The maximum absolute atomic E-state index is 6.11. The van der Waals surface area contributed by atoms with Gasteiger partial charge in [-0.1, -0.05) is 26.0 Å². The van der Waals surface area contributed by atoms with E-state index in [1.54, 1.807) is 0 Å². The molecule has 12 heavy (non-hydrogen) atoms. The van der Waals surface area contributed by atoms with Gasteiger partial charge in [0.2, 0.25) is 0 Å². The number of hydrogen-bond donors (Lipinski definition) is 1. The highest BCUT2D eigenvalue weighted by Gasteiger charge is 2.43. The quantitative estimate of drug-likeness (QED) is 0.626. The summed E-state index contributed by atoms with van der Waals surface area (Å²) < 4.78 is 0. The van der Waals surface area contributed by atoms with Gasteiger partial charge in [0.15, 0.2) is 0 Å². The molecular formula is C10H18ClN. The van der Waals surface area contributed by atoms with Gasteiger partial charge in [0.1, 0.15) is 0 Å². The van der Waals surface area contributed by atoms with Gasteiger partial charge < -0.3 is 5.73 Å². The zero-order valence-electron chi connectivity index (χ0n) is 7.73. The summed E-state index contributed by atoms with van der Waals surface area (Å²) in [5.74, 6) is 3.01. The Morgan fingerprint density at radius 2 is 1.83 bits per heavy atom. The summed E-state index contributed by atoms with van der Waals surface area (Å²) in [6.45, 7) is 4.58. The minimum absolute atomic E-state index is 0. The second kappa shape index (κ2) is 3.39. The molecule has 0 aromatic carbocycles. The number of rotatable bonds is 1. The predicted molar refractivity (Wildman–Crippen MR) is 54.3 cm³/mol. The standard InChI is InChI=1S/C10H17N.ClH/c1-6(2)9-7-3-4-8(5-7)10(9)11;/h3-4,6-10H,5,11H2,1-2H3;1H/t7-,8+,9+,10+;/m0./s1. The average Bonchev–Trinajstić information content (AvgIpc) is 2.44. The lowest BCUT2D eigenvalue weighted by Gasteiger charge is -2.27. The van der Waals surface area contributed by atoms with Crippen LogP contribution in [-0.2, 0) is 0 Å². The molecule has 70 valence electrons. The van der Waals surface area contributed by atoms with E-state index in [-0.39, 0.29) is 12.4 Å². The molecule has 0 unspecified atom stereocenters. The molecule has 1 saturated carbocycles. The summed E-state index contributed by atoms with van der Waals surface area (Å²) in [5.41, 5.74) is 6.11. The highest BCUT2D eigenvalue weighted by Crippen LogP contribution is 2.45. The van der Waals surface area contributed by atoms with Gasteiger partial charge in [0, 0.05) is 6.04 Å². The van der Waals surface area contributed by atoms with Crippen LogP contribution in [0, 0.1) is 23.7 Å². The summed E-state index contributed by atoms with van der Waals surface area (Å²) in [4.78, 5) is 0. The van der Waals surface area contributed by atoms with Crippen LogP contribution < -0.4 is 5.73 Å². The lowest BCUT2D eigenvalue weighted by atomic mass is 9.81. The number of allylic oxidation sites excluding steroid dienone is 1. The monoisotopic (exact) mass is 187 g/mol. The molecule has 0 aliphatic heterocycles. The first-order valence-electron chi connectivity index (χ1n) is 4.64. The zero-order valence-corrected chi connectivity index (χ0v) is 8.55. The Morgan fingerprint density at radius 1 is 1.25 bits per heavy atom. The lowest BCUT2D eigenvalue weighted by Crippen LogP contribution is -2.36. The van der Waals surface area contributed by atoms with E-state index in [9.17, 15) is 0 Å². The average molecular weight is 188 g/mol. The van der Waals surface area contributed by atoms with Gasteiger partial charge in [-0.25, -0.2) is 0 Å². The van der Waals surface area contributed by atoms with E-state index in [1.807, 2.05) is 0 Å². The summed E-state index contributed by atoms with van der Waals surface area (Å²) in [7, 11) is 0. The second-order valence-electron chi connectivity index (χ2n) is 4.35. The Kier molecular flexibility index (Phi) is 2.84. The van der Waals surface area contributed by atoms with Crippen molar-refractivity contribution in [2.45, 2.75) is 26.3 Å². The number of hydrogen-bond acceptors (Lipinski definition) is 1. The molecule has 2 rings (SSSR count). The van der Waals surface area contributed by atoms with Gasteiger partial charge in [-0.3, -0.25) is 0 Å². The van der Waals surface area contributed by atoms with Gasteiger partial charge in [0.25, 0.3) is 0 Å². The minimum atomic E-state index is 0. The van der Waals surface area contributed by atoms with E-state index in [0.717, 1.165) is 17.8 Å². The van der Waals surface area contributed by atoms with Crippen molar-refractivity contribution in [1.29, 1.82) is 0 Å². The molecule has 0 saturated heterocycles. The Hall–Kier alpha value is -0.0100. The van der Waals surface area contributed by atoms with Crippen LogP contribution >= 0.6 is 12.4 Å². The van der Waals surface area contributed by atoms with Gasteiger partial charge >= 0.3 is 0 Å². The smallest absolute Gasteiger partial charge is 0.0139 e. The molecule has 0 radical (unpaired) electrons. The maximum Gasteiger partial charge on any atom is 0.0139 e. The van der Waals surface area contributed by atoms with Crippen molar-refractivity contribution in [1.82, 2.24) is 0 Å². The summed E-state index contributed by atoms with van der Waals surface area (Å²) >= 11 is 0. The summed E-state index contributed by atoms with van der Waals surface area (Å²) in [6, 6.07) is 0.449. The number of halogens is 1. The molecule has 1 fully saturated rings. The zero-order chi connectivity index (χ0) is 8.01. The Balaban J connectivity index is 0.000000720. The highest BCUT2D eigenvalue weighted by molar-refractivity contribution is 5.85. The maximum atomic E-state index is 6.11. The number of fused-ring (bicyclic) bond motifs is 2. The largest absolute Gasteiger partial charge is 0.327 e. The molecular weight excluding hydrogens is 170 g/mol. The first-order valence-corrected chi connectivity index (χ1v) is 4.64. The molecule has 2 aliphatic rings. The molecule has 4 atom stereocenters. The van der Waals surface area contributed by atoms with E-state index in [2.05, 4.69) is 26.0 Å². The van der Waals surface area contributed by atoms with Crippen molar-refractivity contribution in [3.8, 4) is 0 Å². The minimum Gasteiger partial charge on any atom is -0.327 e. The molecule has 2 N–H and O–H groups in total. The predicted octanol–water partition coefficient (Wildman–Crippen LogP) is 2.21. The number of nitrogens with two attached hydrogens (primary N) is 1. The third-order valence-corrected chi connectivity index (χ3v) is 3.35. The van der Waals surface area contributed by atoms with Crippen molar-refractivity contribution in [3.63, 3.8) is 0 Å². The van der Waals surface area contributed by atoms with Gasteiger partial charge in [-0.05, 0) is 30.1 Å². The van der Waals surface area contributed by atoms with Crippen LogP contribution in [0.2, 0.25) is 0 Å². The van der Waals surface area contributed by atoms with Crippen LogP contribution in [0.25, 0.3) is 0 Å². The van der Waals surface area contributed by atoms with Crippen molar-refractivity contribution in [3.05, 3.63) is 12.2 Å². The van der Waals surface area contributed by atoms with Crippen LogP contribution in [0.5, 0.6) is 0 Å². The van der Waals surface area contributed by atoms with Gasteiger partial charge in [0.05, 0.1) is 0 Å². The van der Waals surface area contributed by atoms with Crippen molar-refractivity contribution in [2.24, 2.45) is 29.4 Å². The van der Waals surface area contributed by atoms with Crippen LogP contribution in [-0.4, -0.2) is 6.04 Å². The van der Waals surface area contributed by atoms with Crippen LogP contribution in [0.3, 0.4) is 0 Å². The van der Waals surface area contributed by atoms with E-state index >= 15 is 0 Å². The van der Waals surface area contributed by atoms with Crippen molar-refractivity contribution >= 4 is 12.4 Å². The molecule has 0 amide bonds. The topological polar surface area (TPSA) is 26.0 Å². The summed E-state index contributed by atoms with van der Waals surface area (Å²) in [5, 5.41) is 0. The Bertz CT molecular complexity index is 188. The van der Waals surface area contributed by atoms with Crippen LogP contribution in [0.4, 0.5) is 0 Å². The fourth-order valence-corrected chi connectivity index (χ4v) is 2.84. The third kappa shape index (κ3) is 1.29. The fraction of sp³-hybridized carbons (Fsp3) is 0.800. The van der Waals surface area contributed by atoms with E-state index < -0.39 is 0 Å². The van der Waals surface area contributed by atoms with Crippen molar-refractivity contribution in [2.75, 3.05) is 0 Å². The second-order valence-corrected chi connectivity index (χ2v) is 4.35. The Labute approximate surface area is 80.8 Å². The van der Waals surface area contributed by atoms with Gasteiger partial charge in [-0.2, -0.15) is 0 Å². The van der Waals surface area contributed by atoms with Crippen LogP contribution in [0.15, 0.2) is 12.2 Å². The lowest BCUT2D eigenvalue weighted by molar-refractivity contribution is 0.294. The molecule has 0 aromatic heterocycles. The molecule has 0 spiro atoms. The third-order valence-electron chi connectivity index (χ3n) is 3.35. The van der Waals surface area contributed by atoms with Crippen molar-refractivity contribution < 1.29 is 0 Å². The van der Waals surface area contributed by atoms with E-state index in [4.69, 9.17) is 5.73 Å².